The van der Waals surface area contributed by atoms with E-state index in [-0.39, 0.29) is 29.9 Å². The average molecular weight is 274 g/mol. The van der Waals surface area contributed by atoms with E-state index in [4.69, 9.17) is 4.74 Å². The summed E-state index contributed by atoms with van der Waals surface area (Å²) >= 11 is 0. The highest BCUT2D eigenvalue weighted by Gasteiger charge is 2.14. The minimum absolute atomic E-state index is 0. The van der Waals surface area contributed by atoms with Crippen LogP contribution in [0.15, 0.2) is 0 Å². The number of ether oxygens (including phenoxy) is 1. The lowest BCUT2D eigenvalue weighted by molar-refractivity contribution is -0.862. The highest BCUT2D eigenvalue weighted by molar-refractivity contribution is 5.70. The molecule has 0 aromatic heterocycles. The molecule has 3 nitrogen and oxygen atoms in total. The third-order valence-electron chi connectivity index (χ3n) is 0.909. The van der Waals surface area contributed by atoms with Crippen LogP contribution in [0, 0.1) is 0 Å². The van der Waals surface area contributed by atoms with E-state index >= 15 is 0 Å². The molecule has 0 N–H and O–H groups in total. The zero-order chi connectivity index (χ0) is 8.20. The molecule has 0 rings (SSSR count). The van der Waals surface area contributed by atoms with E-state index in [1.54, 1.807) is 0 Å². The van der Waals surface area contributed by atoms with Crippen LogP contribution in [0.25, 0.3) is 0 Å². The Morgan fingerprint density at radius 2 is 1.82 bits per heavy atom. The van der Waals surface area contributed by atoms with Crippen molar-refractivity contribution in [2.45, 2.75) is 6.92 Å². The maximum Gasteiger partial charge on any atom is 0.361 e. The van der Waals surface area contributed by atoms with Gasteiger partial charge >= 0.3 is 5.97 Å². The number of hydrogen-bond donors (Lipinski definition) is 0. The molecule has 0 aliphatic heterocycles. The second kappa shape index (κ2) is 5.77. The minimum atomic E-state index is -0.130. The molecular weight excluding hydrogens is 258 g/mol. The van der Waals surface area contributed by atoms with Crippen molar-refractivity contribution in [3.8, 4) is 0 Å². The fourth-order valence-electron chi connectivity index (χ4n) is 0.594. The van der Waals surface area contributed by atoms with Crippen LogP contribution in [0.2, 0.25) is 0 Å². The number of carbonyl (C=O) groups is 1. The largest absolute Gasteiger partial charge is 1.00 e. The summed E-state index contributed by atoms with van der Waals surface area (Å²) in [5.74, 6) is -0.130. The second-order valence-corrected chi connectivity index (χ2v) is 3.25. The van der Waals surface area contributed by atoms with E-state index in [1.807, 2.05) is 28.1 Å². The van der Waals surface area contributed by atoms with E-state index in [0.717, 1.165) is 0 Å². The van der Waals surface area contributed by atoms with Crippen LogP contribution in [-0.2, 0) is 9.53 Å². The molecule has 0 atom stereocenters. The van der Waals surface area contributed by atoms with Gasteiger partial charge in [0.15, 0.2) is 6.54 Å². The number of hydrogen-bond acceptors (Lipinski definition) is 2. The Hall–Kier alpha value is 0.160. The van der Waals surface area contributed by atoms with E-state index in [9.17, 15) is 4.79 Å². The summed E-state index contributed by atoms with van der Waals surface area (Å²) in [7, 11) is 5.87. The van der Waals surface area contributed by atoms with Crippen molar-refractivity contribution in [1.29, 1.82) is 0 Å². The van der Waals surface area contributed by atoms with E-state index in [0.29, 0.717) is 17.6 Å². The summed E-state index contributed by atoms with van der Waals surface area (Å²) in [5.41, 5.74) is 0. The van der Waals surface area contributed by atoms with Crippen molar-refractivity contribution in [3.05, 3.63) is 0 Å². The standard InChI is InChI=1S/C7H16NO2.HI/c1-5-10-7(9)6-8(2,3)4;/h5-6H2,1-4H3;1H/q+1;/p-1/i2+1;. The van der Waals surface area contributed by atoms with Crippen LogP contribution in [0.1, 0.15) is 6.92 Å². The Labute approximate surface area is 85.3 Å². The van der Waals surface area contributed by atoms with Crippen LogP contribution in [0.5, 0.6) is 0 Å². The molecule has 11 heavy (non-hydrogen) atoms. The monoisotopic (exact) mass is 274 g/mol. The highest BCUT2D eigenvalue weighted by atomic mass is 127. The fourth-order valence-corrected chi connectivity index (χ4v) is 0.594. The van der Waals surface area contributed by atoms with E-state index < -0.39 is 0 Å². The van der Waals surface area contributed by atoms with Crippen molar-refractivity contribution in [1.82, 2.24) is 0 Å². The predicted molar refractivity (Wildman–Crippen MR) is 39.5 cm³/mol. The number of halogens is 1. The van der Waals surface area contributed by atoms with Gasteiger partial charge in [-0.15, -0.1) is 0 Å². The van der Waals surface area contributed by atoms with Crippen LogP contribution in [0.4, 0.5) is 0 Å². The van der Waals surface area contributed by atoms with Crippen molar-refractivity contribution < 1.29 is 38.0 Å². The van der Waals surface area contributed by atoms with Crippen molar-refractivity contribution in [2.75, 3.05) is 34.3 Å². The van der Waals surface area contributed by atoms with Gasteiger partial charge in [-0.1, -0.05) is 0 Å². The van der Waals surface area contributed by atoms with Crippen molar-refractivity contribution in [2.24, 2.45) is 0 Å². The third kappa shape index (κ3) is 10.2. The van der Waals surface area contributed by atoms with Gasteiger partial charge in [-0.2, -0.15) is 0 Å². The Kier molecular flexibility index (Phi) is 7.20. The lowest BCUT2D eigenvalue weighted by Crippen LogP contribution is -3.00. The molecule has 0 radical (unpaired) electrons. The molecule has 0 aromatic rings. The molecular formula is C7H16INO2. The lowest BCUT2D eigenvalue weighted by atomic mass is 10.5. The molecule has 0 aliphatic carbocycles. The summed E-state index contributed by atoms with van der Waals surface area (Å²) in [6.07, 6.45) is 0. The van der Waals surface area contributed by atoms with Crippen LogP contribution >= 0.6 is 0 Å². The molecule has 68 valence electrons. The van der Waals surface area contributed by atoms with Gasteiger partial charge in [0.25, 0.3) is 0 Å². The van der Waals surface area contributed by atoms with Gasteiger partial charge in [0.1, 0.15) is 0 Å². The molecule has 0 aromatic carbocycles. The van der Waals surface area contributed by atoms with Gasteiger partial charge < -0.3 is 33.2 Å². The Morgan fingerprint density at radius 3 is 2.09 bits per heavy atom. The number of quaternary nitrogens is 1. The summed E-state index contributed by atoms with van der Waals surface area (Å²) in [6.45, 7) is 2.72. The van der Waals surface area contributed by atoms with Gasteiger partial charge in [0.05, 0.1) is 27.7 Å². The number of carbonyl (C=O) groups excluding carboxylic acids is 1. The number of nitrogens with zero attached hydrogens (tertiary/aromatic N) is 1. The second-order valence-electron chi connectivity index (χ2n) is 3.25. The first-order chi connectivity index (χ1) is 4.45. The van der Waals surface area contributed by atoms with Gasteiger partial charge in [-0.05, 0) is 6.92 Å². The normalized spacial score (nSPS) is 10.2. The first-order valence-corrected chi connectivity index (χ1v) is 3.42. The zero-order valence-electron chi connectivity index (χ0n) is 7.56. The van der Waals surface area contributed by atoms with Crippen molar-refractivity contribution >= 4 is 5.97 Å². The maximum absolute atomic E-state index is 10.8. The van der Waals surface area contributed by atoms with Gasteiger partial charge in [0, 0.05) is 0 Å². The molecule has 0 saturated carbocycles. The molecule has 0 amide bonds. The highest BCUT2D eigenvalue weighted by Crippen LogP contribution is 1.90. The topological polar surface area (TPSA) is 26.3 Å². The summed E-state index contributed by atoms with van der Waals surface area (Å²) in [5, 5.41) is 0. The Balaban J connectivity index is 0. The molecule has 0 fully saturated rings. The van der Waals surface area contributed by atoms with Crippen LogP contribution in [0.3, 0.4) is 0 Å². The zero-order valence-corrected chi connectivity index (χ0v) is 9.71. The molecule has 4 heteroatoms. The lowest BCUT2D eigenvalue weighted by Gasteiger charge is -2.21. The molecule has 0 spiro atoms. The number of rotatable bonds is 3. The molecule has 0 unspecified atom stereocenters. The molecule has 0 bridgehead atoms. The first-order valence-electron chi connectivity index (χ1n) is 3.42. The molecule has 0 aliphatic rings. The predicted octanol–water partition coefficient (Wildman–Crippen LogP) is -2.74. The van der Waals surface area contributed by atoms with Gasteiger partial charge in [0.2, 0.25) is 0 Å². The molecule has 0 heterocycles. The van der Waals surface area contributed by atoms with Crippen LogP contribution < -0.4 is 24.0 Å². The smallest absolute Gasteiger partial charge is 0.361 e. The Morgan fingerprint density at radius 1 is 1.36 bits per heavy atom. The van der Waals surface area contributed by atoms with E-state index in [1.165, 1.54) is 0 Å². The quantitative estimate of drug-likeness (QED) is 0.242. The first kappa shape index (κ1) is 13.7. The third-order valence-corrected chi connectivity index (χ3v) is 0.909. The molecule has 0 saturated heterocycles. The minimum Gasteiger partial charge on any atom is -1.00 e. The summed E-state index contributed by atoms with van der Waals surface area (Å²) in [6, 6.07) is 0. The summed E-state index contributed by atoms with van der Waals surface area (Å²) < 4.78 is 5.39. The van der Waals surface area contributed by atoms with Crippen molar-refractivity contribution in [3.63, 3.8) is 0 Å². The van der Waals surface area contributed by atoms with E-state index in [2.05, 4.69) is 0 Å². The van der Waals surface area contributed by atoms with Gasteiger partial charge in [-0.3, -0.25) is 0 Å². The average Bonchev–Trinajstić information content (AvgIpc) is 1.59. The number of likely N-dealkylation sites (N-methyl/N-ethyl adjacent to an activating group) is 1. The number of esters is 1. The fraction of sp³-hybridized carbons (Fsp3) is 0.857. The Bertz CT molecular complexity index is 120. The van der Waals surface area contributed by atoms with Crippen LogP contribution in [-0.4, -0.2) is 44.7 Å². The van der Waals surface area contributed by atoms with Gasteiger partial charge in [-0.25, -0.2) is 4.79 Å². The maximum atomic E-state index is 10.8. The SMILES string of the molecule is CCOC(=O)C[N+](C)(C)[13CH3].[I-]. The summed E-state index contributed by atoms with van der Waals surface area (Å²) in [4.78, 5) is 10.8.